The lowest BCUT2D eigenvalue weighted by molar-refractivity contribution is -0.147. The Hall–Kier alpha value is -3.67. The van der Waals surface area contributed by atoms with Crippen LogP contribution >= 0.6 is 0 Å². The second-order valence-corrected chi connectivity index (χ2v) is 9.36. The van der Waals surface area contributed by atoms with E-state index in [-0.39, 0.29) is 24.7 Å². The van der Waals surface area contributed by atoms with Crippen LogP contribution < -0.4 is 0 Å². The molecule has 2 aromatic carbocycles. The van der Waals surface area contributed by atoms with Gasteiger partial charge in [-0.05, 0) is 44.4 Å². The van der Waals surface area contributed by atoms with Gasteiger partial charge in [-0.3, -0.25) is 14.4 Å². The number of amides is 1. The Morgan fingerprint density at radius 3 is 2.40 bits per heavy atom. The fraction of sp³-hybridized carbons (Fsp3) is 0.345. The van der Waals surface area contributed by atoms with Crippen molar-refractivity contribution in [2.45, 2.75) is 46.7 Å². The van der Waals surface area contributed by atoms with Crippen molar-refractivity contribution < 1.29 is 19.1 Å². The van der Waals surface area contributed by atoms with Crippen LogP contribution in [0.15, 0.2) is 60.7 Å². The third-order valence-electron chi connectivity index (χ3n) is 6.73. The Morgan fingerprint density at radius 2 is 1.69 bits per heavy atom. The number of ether oxygens (including phenoxy) is 1. The van der Waals surface area contributed by atoms with Crippen LogP contribution in [0.5, 0.6) is 0 Å². The van der Waals surface area contributed by atoms with Gasteiger partial charge in [-0.2, -0.15) is 0 Å². The molecule has 0 unspecified atom stereocenters. The molecule has 0 spiro atoms. The van der Waals surface area contributed by atoms with E-state index in [2.05, 4.69) is 16.7 Å². The number of hydrogen-bond donors (Lipinski definition) is 0. The standard InChI is InChI=1S/C29H32N2O4/c1-20-9-11-24(12-10-20)17-30-18-25(16-28(30)33)29(34)35-19-27(32)26-15-21(2)31(22(26)3)14-13-23-7-5-4-6-8-23/h4-12,15,25H,13-14,16-19H2,1-3H3/t25-/m1/s1. The van der Waals surface area contributed by atoms with E-state index < -0.39 is 11.9 Å². The summed E-state index contributed by atoms with van der Waals surface area (Å²) in [6, 6.07) is 20.1. The van der Waals surface area contributed by atoms with Gasteiger partial charge in [-0.1, -0.05) is 60.2 Å². The van der Waals surface area contributed by atoms with Crippen LogP contribution in [0.2, 0.25) is 0 Å². The molecule has 1 amide bonds. The molecule has 2 heterocycles. The highest BCUT2D eigenvalue weighted by molar-refractivity contribution is 5.99. The zero-order valence-electron chi connectivity index (χ0n) is 20.6. The summed E-state index contributed by atoms with van der Waals surface area (Å²) in [7, 11) is 0. The molecule has 0 bridgehead atoms. The molecule has 1 saturated heterocycles. The summed E-state index contributed by atoms with van der Waals surface area (Å²) in [5.41, 5.74) is 5.87. The maximum Gasteiger partial charge on any atom is 0.311 e. The molecular weight excluding hydrogens is 440 g/mol. The first-order valence-electron chi connectivity index (χ1n) is 12.1. The van der Waals surface area contributed by atoms with Crippen molar-refractivity contribution in [1.29, 1.82) is 0 Å². The number of aryl methyl sites for hydroxylation is 3. The van der Waals surface area contributed by atoms with Crippen molar-refractivity contribution >= 4 is 17.7 Å². The highest BCUT2D eigenvalue weighted by Crippen LogP contribution is 2.22. The van der Waals surface area contributed by atoms with Gasteiger partial charge in [0.2, 0.25) is 11.7 Å². The van der Waals surface area contributed by atoms with Gasteiger partial charge in [0.05, 0.1) is 5.92 Å². The summed E-state index contributed by atoms with van der Waals surface area (Å²) in [6.45, 7) is 7.16. The summed E-state index contributed by atoms with van der Waals surface area (Å²) in [4.78, 5) is 39.6. The first-order chi connectivity index (χ1) is 16.8. The average molecular weight is 473 g/mol. The van der Waals surface area contributed by atoms with Crippen molar-refractivity contribution in [2.75, 3.05) is 13.2 Å². The molecule has 1 aliphatic rings. The molecule has 182 valence electrons. The quantitative estimate of drug-likeness (QED) is 0.341. The number of esters is 1. The van der Waals surface area contributed by atoms with Crippen molar-refractivity contribution in [3.8, 4) is 0 Å². The third kappa shape index (κ3) is 5.88. The van der Waals surface area contributed by atoms with Crippen molar-refractivity contribution in [2.24, 2.45) is 5.92 Å². The Labute approximate surface area is 206 Å². The normalized spacial score (nSPS) is 15.5. The molecule has 3 aromatic rings. The first kappa shape index (κ1) is 24.5. The molecule has 6 nitrogen and oxygen atoms in total. The van der Waals surface area contributed by atoms with Crippen LogP contribution in [0.1, 0.15) is 44.9 Å². The molecule has 1 fully saturated rings. The fourth-order valence-corrected chi connectivity index (χ4v) is 4.64. The Bertz CT molecular complexity index is 1210. The molecule has 0 N–H and O–H groups in total. The van der Waals surface area contributed by atoms with Crippen molar-refractivity contribution in [1.82, 2.24) is 9.47 Å². The maximum absolute atomic E-state index is 12.9. The number of likely N-dealkylation sites (tertiary alicyclic amines) is 1. The molecular formula is C29H32N2O4. The van der Waals surface area contributed by atoms with Crippen molar-refractivity contribution in [3.63, 3.8) is 0 Å². The Morgan fingerprint density at radius 1 is 0.971 bits per heavy atom. The van der Waals surface area contributed by atoms with Gasteiger partial charge in [0.1, 0.15) is 0 Å². The van der Waals surface area contributed by atoms with E-state index in [0.717, 1.165) is 35.5 Å². The summed E-state index contributed by atoms with van der Waals surface area (Å²) < 4.78 is 7.49. The maximum atomic E-state index is 12.9. The van der Waals surface area contributed by atoms with Gasteiger partial charge in [0.25, 0.3) is 0 Å². The van der Waals surface area contributed by atoms with Gasteiger partial charge in [0.15, 0.2) is 6.61 Å². The number of carbonyl (C=O) groups excluding carboxylic acids is 3. The molecule has 1 aromatic heterocycles. The van der Waals surface area contributed by atoms with E-state index in [0.29, 0.717) is 18.7 Å². The Balaban J connectivity index is 1.31. The van der Waals surface area contributed by atoms with Crippen LogP contribution in [-0.4, -0.2) is 40.3 Å². The van der Waals surface area contributed by atoms with Crippen LogP contribution in [-0.2, 0) is 33.8 Å². The van der Waals surface area contributed by atoms with Gasteiger partial charge in [0, 0.05) is 43.0 Å². The van der Waals surface area contributed by atoms with Gasteiger partial charge >= 0.3 is 5.97 Å². The molecule has 1 aliphatic heterocycles. The third-order valence-corrected chi connectivity index (χ3v) is 6.73. The predicted molar refractivity (Wildman–Crippen MR) is 134 cm³/mol. The van der Waals surface area contributed by atoms with Gasteiger partial charge in [-0.15, -0.1) is 0 Å². The second kappa shape index (κ2) is 10.7. The topological polar surface area (TPSA) is 68.6 Å². The minimum atomic E-state index is -0.543. The summed E-state index contributed by atoms with van der Waals surface area (Å²) in [6.07, 6.45) is 0.988. The number of carbonyl (C=O) groups is 3. The zero-order valence-corrected chi connectivity index (χ0v) is 20.6. The van der Waals surface area contributed by atoms with Crippen LogP contribution in [0, 0.1) is 26.7 Å². The molecule has 0 radical (unpaired) electrons. The number of Topliss-reactive ketones (excluding diaryl/α,β-unsaturated/α-hetero) is 1. The molecule has 0 aliphatic carbocycles. The highest BCUT2D eigenvalue weighted by atomic mass is 16.5. The molecule has 0 saturated carbocycles. The smallest absolute Gasteiger partial charge is 0.311 e. The summed E-state index contributed by atoms with van der Waals surface area (Å²) in [5.74, 6) is -1.32. The van der Waals surface area contributed by atoms with E-state index in [1.165, 1.54) is 5.56 Å². The number of ketones is 1. The number of rotatable bonds is 9. The molecule has 1 atom stereocenters. The monoisotopic (exact) mass is 472 g/mol. The van der Waals surface area contributed by atoms with E-state index in [1.54, 1.807) is 4.90 Å². The average Bonchev–Trinajstić information content (AvgIpc) is 3.36. The van der Waals surface area contributed by atoms with Crippen molar-refractivity contribution in [3.05, 3.63) is 94.3 Å². The molecule has 4 rings (SSSR count). The fourth-order valence-electron chi connectivity index (χ4n) is 4.64. The van der Waals surface area contributed by atoms with E-state index >= 15 is 0 Å². The van der Waals surface area contributed by atoms with Crippen LogP contribution in [0.3, 0.4) is 0 Å². The van der Waals surface area contributed by atoms with Gasteiger partial charge in [-0.25, -0.2) is 0 Å². The molecule has 35 heavy (non-hydrogen) atoms. The lowest BCUT2D eigenvalue weighted by atomic mass is 10.1. The molecule has 6 heteroatoms. The second-order valence-electron chi connectivity index (χ2n) is 9.36. The number of benzene rings is 2. The largest absolute Gasteiger partial charge is 0.457 e. The number of nitrogens with zero attached hydrogens (tertiary/aromatic N) is 2. The van der Waals surface area contributed by atoms with Crippen LogP contribution in [0.4, 0.5) is 0 Å². The minimum absolute atomic E-state index is 0.0687. The first-order valence-corrected chi connectivity index (χ1v) is 12.1. The highest BCUT2D eigenvalue weighted by Gasteiger charge is 2.35. The van der Waals surface area contributed by atoms with E-state index in [4.69, 9.17) is 4.74 Å². The minimum Gasteiger partial charge on any atom is -0.457 e. The zero-order chi connectivity index (χ0) is 24.9. The Kier molecular flexibility index (Phi) is 7.49. The van der Waals surface area contributed by atoms with Crippen LogP contribution in [0.25, 0.3) is 0 Å². The van der Waals surface area contributed by atoms with E-state index in [9.17, 15) is 14.4 Å². The lowest BCUT2D eigenvalue weighted by Crippen LogP contribution is -2.27. The van der Waals surface area contributed by atoms with E-state index in [1.807, 2.05) is 69.3 Å². The number of aromatic nitrogens is 1. The van der Waals surface area contributed by atoms with Gasteiger partial charge < -0.3 is 14.2 Å². The lowest BCUT2D eigenvalue weighted by Gasteiger charge is -2.16. The summed E-state index contributed by atoms with van der Waals surface area (Å²) in [5, 5.41) is 0. The number of hydrogen-bond acceptors (Lipinski definition) is 4. The summed E-state index contributed by atoms with van der Waals surface area (Å²) >= 11 is 0. The SMILES string of the molecule is Cc1ccc(CN2C[C@H](C(=O)OCC(=O)c3cc(C)n(CCc4ccccc4)c3C)CC2=O)cc1. The predicted octanol–water partition coefficient (Wildman–Crippen LogP) is 4.43.